The Morgan fingerprint density at radius 3 is 0.714 bits per heavy atom. The molecule has 0 radical (unpaired) electrons. The predicted molar refractivity (Wildman–Crippen MR) is 27.1 cm³/mol. The maximum absolute atomic E-state index is 10.0. The van der Waals surface area contributed by atoms with Crippen LogP contribution in [0, 0.1) is 0 Å². The molecule has 0 N–H and O–H groups in total. The zero-order valence-electron chi connectivity index (χ0n) is 6.27. The molecule has 8 heteroatoms. The lowest BCUT2D eigenvalue weighted by molar-refractivity contribution is -0.320. The van der Waals surface area contributed by atoms with E-state index in [4.69, 9.17) is 0 Å². The molecule has 0 heterocycles. The SMILES string of the molecule is O=C([O-])C(C(=O)[O-])=C(C(=O)[O-])C(=O)[O-]. The second kappa shape index (κ2) is 4.03. The van der Waals surface area contributed by atoms with E-state index in [1.165, 1.54) is 0 Å². The molecule has 8 nitrogen and oxygen atoms in total. The standard InChI is InChI=1S/C6H4O8/c7-3(8)1(4(9)10)2(5(11)12)6(13)14/h(H,7,8)(H,9,10)(H,11,12)(H,13,14)/p-4. The number of aliphatic carboxylic acids is 4. The third kappa shape index (κ3) is 2.30. The lowest BCUT2D eigenvalue weighted by atomic mass is 10.1. The Labute approximate surface area is 75.7 Å². The number of carboxylic acids is 4. The van der Waals surface area contributed by atoms with E-state index in [9.17, 15) is 39.6 Å². The van der Waals surface area contributed by atoms with Gasteiger partial charge in [0, 0.05) is 11.1 Å². The summed E-state index contributed by atoms with van der Waals surface area (Å²) in [6.45, 7) is 0. The van der Waals surface area contributed by atoms with E-state index in [0.717, 1.165) is 0 Å². The van der Waals surface area contributed by atoms with E-state index in [1.54, 1.807) is 0 Å². The highest BCUT2D eigenvalue weighted by Crippen LogP contribution is 2.01. The molecule has 0 bridgehead atoms. The minimum atomic E-state index is -2.52. The Morgan fingerprint density at radius 1 is 0.500 bits per heavy atom. The van der Waals surface area contributed by atoms with Crippen LogP contribution in [-0.4, -0.2) is 23.9 Å². The van der Waals surface area contributed by atoms with Gasteiger partial charge in [0.15, 0.2) is 0 Å². The van der Waals surface area contributed by atoms with Gasteiger partial charge in [-0.15, -0.1) is 0 Å². The van der Waals surface area contributed by atoms with Crippen molar-refractivity contribution in [3.8, 4) is 0 Å². The minimum Gasteiger partial charge on any atom is -0.545 e. The highest BCUT2D eigenvalue weighted by molar-refractivity contribution is 6.24. The maximum Gasteiger partial charge on any atom is 0.0740 e. The molecule has 0 aliphatic heterocycles. The molecule has 76 valence electrons. The first kappa shape index (κ1) is 11.6. The molecule has 14 heavy (non-hydrogen) atoms. The number of carbonyl (C=O) groups excluding carboxylic acids is 4. The fourth-order valence-electron chi connectivity index (χ4n) is 0.575. The van der Waals surface area contributed by atoms with Crippen LogP contribution in [0.25, 0.3) is 0 Å². The van der Waals surface area contributed by atoms with Crippen molar-refractivity contribution in [3.63, 3.8) is 0 Å². The van der Waals surface area contributed by atoms with Gasteiger partial charge in [-0.3, -0.25) is 0 Å². The summed E-state index contributed by atoms with van der Waals surface area (Å²) in [5, 5.41) is 40.1. The van der Waals surface area contributed by atoms with Gasteiger partial charge in [-0.2, -0.15) is 0 Å². The van der Waals surface area contributed by atoms with E-state index >= 15 is 0 Å². The van der Waals surface area contributed by atoms with Crippen molar-refractivity contribution in [2.24, 2.45) is 0 Å². The van der Waals surface area contributed by atoms with E-state index in [0.29, 0.717) is 0 Å². The zero-order valence-corrected chi connectivity index (χ0v) is 6.27. The van der Waals surface area contributed by atoms with Gasteiger partial charge in [-0.1, -0.05) is 0 Å². The van der Waals surface area contributed by atoms with Crippen LogP contribution in [0.3, 0.4) is 0 Å². The summed E-state index contributed by atoms with van der Waals surface area (Å²) in [4.78, 5) is 40.1. The molecule has 0 aromatic heterocycles. The van der Waals surface area contributed by atoms with Crippen LogP contribution < -0.4 is 20.4 Å². The number of carboxylic acid groups (broad SMARTS) is 4. The quantitative estimate of drug-likeness (QED) is 0.245. The number of hydrogen-bond donors (Lipinski definition) is 0. The Hall–Kier alpha value is -2.38. The van der Waals surface area contributed by atoms with E-state index in [2.05, 4.69) is 0 Å². The number of rotatable bonds is 4. The van der Waals surface area contributed by atoms with Gasteiger partial charge < -0.3 is 39.6 Å². The van der Waals surface area contributed by atoms with Gasteiger partial charge in [-0.05, 0) is 0 Å². The second-order valence-electron chi connectivity index (χ2n) is 1.90. The molecule has 0 fully saturated rings. The minimum absolute atomic E-state index is 2.04. The summed E-state index contributed by atoms with van der Waals surface area (Å²) in [7, 11) is 0. The summed E-state index contributed by atoms with van der Waals surface area (Å²) >= 11 is 0. The first-order valence-electron chi connectivity index (χ1n) is 2.88. The largest absolute Gasteiger partial charge is 0.545 e. The molecule has 0 saturated heterocycles. The van der Waals surface area contributed by atoms with Crippen molar-refractivity contribution in [1.82, 2.24) is 0 Å². The predicted octanol–water partition coefficient (Wildman–Crippen LogP) is -6.72. The van der Waals surface area contributed by atoms with E-state index < -0.39 is 35.0 Å². The Bertz CT molecular complexity index is 283. The molecule has 0 rings (SSSR count). The van der Waals surface area contributed by atoms with Crippen LogP contribution in [0.2, 0.25) is 0 Å². The fourth-order valence-corrected chi connectivity index (χ4v) is 0.575. The van der Waals surface area contributed by atoms with Gasteiger partial charge in [0.2, 0.25) is 0 Å². The van der Waals surface area contributed by atoms with Gasteiger partial charge >= 0.3 is 0 Å². The van der Waals surface area contributed by atoms with Crippen molar-refractivity contribution >= 4 is 23.9 Å². The molecule has 0 spiro atoms. The summed E-state index contributed by atoms with van der Waals surface area (Å²) in [6.07, 6.45) is 0. The summed E-state index contributed by atoms with van der Waals surface area (Å²) in [6, 6.07) is 0. The smallest absolute Gasteiger partial charge is 0.0740 e. The van der Waals surface area contributed by atoms with Gasteiger partial charge in [-0.25, -0.2) is 0 Å². The van der Waals surface area contributed by atoms with Crippen molar-refractivity contribution in [2.75, 3.05) is 0 Å². The van der Waals surface area contributed by atoms with Crippen molar-refractivity contribution in [3.05, 3.63) is 11.1 Å². The second-order valence-corrected chi connectivity index (χ2v) is 1.90. The number of hydrogen-bond acceptors (Lipinski definition) is 8. The molecule has 0 aliphatic carbocycles. The Balaban J connectivity index is 5.76. The van der Waals surface area contributed by atoms with Crippen LogP contribution in [0.15, 0.2) is 11.1 Å². The number of carbonyl (C=O) groups is 4. The Kier molecular flexibility index (Phi) is 3.34. The first-order valence-corrected chi connectivity index (χ1v) is 2.88. The lowest BCUT2D eigenvalue weighted by Gasteiger charge is -2.18. The van der Waals surface area contributed by atoms with Crippen molar-refractivity contribution < 1.29 is 39.6 Å². The fraction of sp³-hybridized carbons (Fsp3) is 0. The molecule has 0 aromatic carbocycles. The zero-order chi connectivity index (χ0) is 11.5. The summed E-state index contributed by atoms with van der Waals surface area (Å²) in [5.41, 5.74) is -4.07. The lowest BCUT2D eigenvalue weighted by Crippen LogP contribution is -2.44. The average Bonchev–Trinajstić information content (AvgIpc) is 1.96. The molecule has 0 aliphatic rings. The monoisotopic (exact) mass is 200 g/mol. The molecule has 0 saturated carbocycles. The third-order valence-electron chi connectivity index (χ3n) is 1.07. The van der Waals surface area contributed by atoms with Crippen LogP contribution >= 0.6 is 0 Å². The maximum atomic E-state index is 10.0. The van der Waals surface area contributed by atoms with Crippen molar-refractivity contribution in [1.29, 1.82) is 0 Å². The molecule has 0 amide bonds. The van der Waals surface area contributed by atoms with Gasteiger partial charge in [0.25, 0.3) is 0 Å². The van der Waals surface area contributed by atoms with Crippen LogP contribution in [0.4, 0.5) is 0 Å². The molecular weight excluding hydrogens is 200 g/mol. The summed E-state index contributed by atoms with van der Waals surface area (Å²) in [5.74, 6) is -10.1. The molecule has 0 aromatic rings. The third-order valence-corrected chi connectivity index (χ3v) is 1.07. The molecule has 0 atom stereocenters. The first-order chi connectivity index (χ1) is 6.29. The van der Waals surface area contributed by atoms with Crippen LogP contribution in [-0.2, 0) is 19.2 Å². The van der Waals surface area contributed by atoms with Crippen LogP contribution in [0.1, 0.15) is 0 Å². The normalized spacial score (nSPS) is 8.86. The topological polar surface area (TPSA) is 161 Å². The highest BCUT2D eigenvalue weighted by Gasteiger charge is 2.11. The van der Waals surface area contributed by atoms with E-state index in [-0.39, 0.29) is 0 Å². The van der Waals surface area contributed by atoms with Crippen LogP contribution in [0.5, 0.6) is 0 Å². The van der Waals surface area contributed by atoms with Crippen molar-refractivity contribution in [2.45, 2.75) is 0 Å². The van der Waals surface area contributed by atoms with Gasteiger partial charge in [0.1, 0.15) is 0 Å². The summed E-state index contributed by atoms with van der Waals surface area (Å²) < 4.78 is 0. The molecular formula is C6O8-4. The Morgan fingerprint density at radius 2 is 0.643 bits per heavy atom. The molecule has 0 unspecified atom stereocenters. The highest BCUT2D eigenvalue weighted by atomic mass is 16.4. The average molecular weight is 200 g/mol. The van der Waals surface area contributed by atoms with Gasteiger partial charge in [0.05, 0.1) is 23.9 Å². The van der Waals surface area contributed by atoms with E-state index in [1.807, 2.05) is 0 Å².